The van der Waals surface area contributed by atoms with E-state index < -0.39 is 32.5 Å². The number of hydrogen-bond acceptors (Lipinski definition) is 7. The Balaban J connectivity index is 2.57. The summed E-state index contributed by atoms with van der Waals surface area (Å²) < 4.78 is 21.1. The van der Waals surface area contributed by atoms with Crippen molar-refractivity contribution < 1.29 is 33.0 Å². The van der Waals surface area contributed by atoms with Gasteiger partial charge in [0.2, 0.25) is 0 Å². The molecule has 0 aliphatic heterocycles. The van der Waals surface area contributed by atoms with Crippen molar-refractivity contribution in [2.24, 2.45) is 0 Å². The lowest BCUT2D eigenvalue weighted by molar-refractivity contribution is -0.146. The van der Waals surface area contributed by atoms with E-state index in [1.165, 1.54) is 0 Å². The van der Waals surface area contributed by atoms with Crippen LogP contribution in [-0.4, -0.2) is 46.2 Å². The molecule has 33 heavy (non-hydrogen) atoms. The van der Waals surface area contributed by atoms with Gasteiger partial charge in [-0.15, -0.1) is 0 Å². The molecule has 0 fully saturated rings. The molecule has 8 heteroatoms. The van der Waals surface area contributed by atoms with Gasteiger partial charge in [-0.25, -0.2) is 4.79 Å². The number of benzene rings is 2. The van der Waals surface area contributed by atoms with E-state index in [9.17, 15) is 14.4 Å². The minimum atomic E-state index is -3.05. The summed E-state index contributed by atoms with van der Waals surface area (Å²) in [5, 5.41) is 1.63. The maximum atomic E-state index is 12.4. The van der Waals surface area contributed by atoms with E-state index in [0.29, 0.717) is 0 Å². The number of esters is 2. The first kappa shape index (κ1) is 26.3. The fourth-order valence-electron chi connectivity index (χ4n) is 3.86. The van der Waals surface area contributed by atoms with Gasteiger partial charge in [0.1, 0.15) is 0 Å². The number of carbonyl (C=O) groups is 3. The number of rotatable bonds is 9. The van der Waals surface area contributed by atoms with Gasteiger partial charge < -0.3 is 18.6 Å². The van der Waals surface area contributed by atoms with Crippen LogP contribution in [0.3, 0.4) is 0 Å². The molecule has 0 heterocycles. The Kier molecular flexibility index (Phi) is 9.37. The van der Waals surface area contributed by atoms with Crippen LogP contribution in [0.4, 0.5) is 4.79 Å². The molecule has 0 saturated heterocycles. The highest BCUT2D eigenvalue weighted by Crippen LogP contribution is 2.38. The van der Waals surface area contributed by atoms with Gasteiger partial charge in [0.15, 0.2) is 0 Å². The molecule has 178 valence electrons. The van der Waals surface area contributed by atoms with Crippen molar-refractivity contribution in [3.8, 4) is 0 Å². The van der Waals surface area contributed by atoms with Crippen LogP contribution in [0.1, 0.15) is 40.5 Å². The Morgan fingerprint density at radius 3 is 1.76 bits per heavy atom. The van der Waals surface area contributed by atoms with Crippen molar-refractivity contribution in [2.75, 3.05) is 13.7 Å². The number of hydrogen-bond donors (Lipinski definition) is 0. The molecule has 0 aliphatic carbocycles. The fraction of sp³-hybridized carbons (Fsp3) is 0.400. The first-order valence-corrected chi connectivity index (χ1v) is 12.8. The number of methoxy groups -OCH3 is 1. The molecule has 2 rings (SSSR count). The van der Waals surface area contributed by atoms with Crippen molar-refractivity contribution in [3.05, 3.63) is 60.7 Å². The lowest BCUT2D eigenvalue weighted by Crippen LogP contribution is -2.68. The van der Waals surface area contributed by atoms with E-state index >= 15 is 0 Å². The monoisotopic (exact) mass is 472 g/mol. The molecule has 7 nitrogen and oxygen atoms in total. The summed E-state index contributed by atoms with van der Waals surface area (Å²) >= 11 is 0. The van der Waals surface area contributed by atoms with Crippen LogP contribution in [0, 0.1) is 0 Å². The Labute approximate surface area is 196 Å². The van der Waals surface area contributed by atoms with Crippen molar-refractivity contribution in [1.29, 1.82) is 0 Å². The largest absolute Gasteiger partial charge is 0.515 e. The quantitative estimate of drug-likeness (QED) is 0.313. The van der Waals surface area contributed by atoms with Crippen LogP contribution in [0.25, 0.3) is 0 Å². The lowest BCUT2D eigenvalue weighted by Gasteiger charge is -2.45. The van der Waals surface area contributed by atoms with Crippen LogP contribution in [0.5, 0.6) is 0 Å². The van der Waals surface area contributed by atoms with Gasteiger partial charge >= 0.3 is 18.1 Å². The van der Waals surface area contributed by atoms with Crippen molar-refractivity contribution >= 4 is 36.8 Å². The van der Waals surface area contributed by atoms with Crippen molar-refractivity contribution in [2.45, 2.75) is 51.7 Å². The van der Waals surface area contributed by atoms with Crippen LogP contribution < -0.4 is 10.4 Å². The van der Waals surface area contributed by atoms with Gasteiger partial charge in [0.25, 0.3) is 8.32 Å². The molecule has 0 saturated carbocycles. The highest BCUT2D eigenvalue weighted by molar-refractivity contribution is 6.99. The van der Waals surface area contributed by atoms with E-state index in [1.807, 2.05) is 60.7 Å². The zero-order valence-electron chi connectivity index (χ0n) is 19.8. The Hall–Kier alpha value is -2.97. The number of ether oxygens (including phenoxy) is 3. The van der Waals surface area contributed by atoms with Crippen LogP contribution in [0.15, 0.2) is 60.7 Å². The van der Waals surface area contributed by atoms with Crippen LogP contribution in [-0.2, 0) is 28.2 Å². The van der Waals surface area contributed by atoms with E-state index in [1.54, 1.807) is 6.92 Å². The third-order valence-electron chi connectivity index (χ3n) is 5.22. The first-order valence-electron chi connectivity index (χ1n) is 10.9. The third kappa shape index (κ3) is 6.75. The minimum Gasteiger partial charge on any atom is -0.466 e. The molecular formula is C25H32O7Si. The molecule has 2 aromatic carbocycles. The number of carbonyl (C=O) groups excluding carboxylic acids is 3. The molecule has 0 spiro atoms. The van der Waals surface area contributed by atoms with Crippen molar-refractivity contribution in [3.63, 3.8) is 0 Å². The van der Waals surface area contributed by atoms with E-state index in [2.05, 4.69) is 30.2 Å². The molecule has 0 radical (unpaired) electrons. The van der Waals surface area contributed by atoms with Gasteiger partial charge in [0, 0.05) is 0 Å². The zero-order chi connectivity index (χ0) is 24.5. The molecular weight excluding hydrogens is 440 g/mol. The molecule has 0 bridgehead atoms. The summed E-state index contributed by atoms with van der Waals surface area (Å²) in [4.78, 5) is 36.2. The summed E-state index contributed by atoms with van der Waals surface area (Å²) in [5.41, 5.74) is 0. The summed E-state index contributed by atoms with van der Waals surface area (Å²) in [7, 11) is -1.93. The van der Waals surface area contributed by atoms with Gasteiger partial charge in [-0.05, 0) is 22.3 Å². The summed E-state index contributed by atoms with van der Waals surface area (Å²) in [6, 6.07) is 19.7. The zero-order valence-corrected chi connectivity index (χ0v) is 20.8. The predicted molar refractivity (Wildman–Crippen MR) is 127 cm³/mol. The van der Waals surface area contributed by atoms with Gasteiger partial charge in [0.05, 0.1) is 32.7 Å². The highest BCUT2D eigenvalue weighted by atomic mass is 28.4. The third-order valence-corrected chi connectivity index (χ3v) is 10.3. The van der Waals surface area contributed by atoms with E-state index in [-0.39, 0.29) is 24.5 Å². The Bertz CT molecular complexity index is 883. The standard InChI is InChI=1S/C25H32O7Si/c1-6-30-22(26)17-19(18-23(27)31-24(28)29-5)32-33(25(2,3)4,20-13-9-7-10-14-20)21-15-11-8-12-16-21/h7-16,19H,6,17-18H2,1-5H3/t19-/m0/s1. The first-order chi connectivity index (χ1) is 15.6. The topological polar surface area (TPSA) is 88.1 Å². The average Bonchev–Trinajstić information content (AvgIpc) is 2.77. The summed E-state index contributed by atoms with van der Waals surface area (Å²) in [6.07, 6.45) is -2.44. The maximum Gasteiger partial charge on any atom is 0.515 e. The normalized spacial score (nSPS) is 12.5. The predicted octanol–water partition coefficient (Wildman–Crippen LogP) is 3.58. The van der Waals surface area contributed by atoms with E-state index in [4.69, 9.17) is 9.16 Å². The average molecular weight is 473 g/mol. The van der Waals surface area contributed by atoms with Gasteiger partial charge in [-0.2, -0.15) is 0 Å². The van der Waals surface area contributed by atoms with Crippen LogP contribution >= 0.6 is 0 Å². The SMILES string of the molecule is CCOC(=O)C[C@@H](CC(=O)OC(=O)OC)O[Si](c1ccccc1)(c1ccccc1)C(C)(C)C. The van der Waals surface area contributed by atoms with E-state index in [0.717, 1.165) is 17.5 Å². The minimum absolute atomic E-state index is 0.158. The molecule has 1 atom stereocenters. The summed E-state index contributed by atoms with van der Waals surface area (Å²) in [6.45, 7) is 8.19. The van der Waals surface area contributed by atoms with Gasteiger partial charge in [-0.3, -0.25) is 9.59 Å². The smallest absolute Gasteiger partial charge is 0.466 e. The molecule has 0 unspecified atom stereocenters. The molecule has 0 aromatic heterocycles. The second kappa shape index (κ2) is 11.8. The second-order valence-corrected chi connectivity index (χ2v) is 12.8. The van der Waals surface area contributed by atoms with Gasteiger partial charge in [-0.1, -0.05) is 81.4 Å². The molecule has 2 aromatic rings. The summed E-state index contributed by atoms with van der Waals surface area (Å²) in [5.74, 6) is -1.33. The fourth-order valence-corrected chi connectivity index (χ4v) is 8.55. The molecule has 0 aliphatic rings. The lowest BCUT2D eigenvalue weighted by atomic mass is 10.2. The Morgan fingerprint density at radius 1 is 0.848 bits per heavy atom. The maximum absolute atomic E-state index is 12.4. The Morgan fingerprint density at radius 2 is 1.33 bits per heavy atom. The highest BCUT2D eigenvalue weighted by Gasteiger charge is 2.51. The molecule has 0 amide bonds. The van der Waals surface area contributed by atoms with Crippen LogP contribution in [0.2, 0.25) is 5.04 Å². The van der Waals surface area contributed by atoms with Crippen molar-refractivity contribution in [1.82, 2.24) is 0 Å². The molecule has 0 N–H and O–H groups in total. The second-order valence-electron chi connectivity index (χ2n) is 8.54.